The number of halogens is 1. The first-order valence-electron chi connectivity index (χ1n) is 4.21. The van der Waals surface area contributed by atoms with Crippen LogP contribution in [0.5, 0.6) is 0 Å². The van der Waals surface area contributed by atoms with Crippen molar-refractivity contribution in [1.29, 1.82) is 0 Å². The van der Waals surface area contributed by atoms with Crippen LogP contribution in [0, 0.1) is 0 Å². The molecule has 0 saturated carbocycles. The smallest absolute Gasteiger partial charge is 0.0328 e. The normalized spacial score (nSPS) is 11.0. The lowest BCUT2D eigenvalue weighted by molar-refractivity contribution is 0.298. The Kier molecular flexibility index (Phi) is 4.26. The van der Waals surface area contributed by atoms with Gasteiger partial charge < -0.3 is 0 Å². The van der Waals surface area contributed by atoms with E-state index in [1.54, 1.807) is 0 Å². The van der Waals surface area contributed by atoms with Crippen LogP contribution in [0.3, 0.4) is 0 Å². The van der Waals surface area contributed by atoms with E-state index in [1.807, 2.05) is 11.3 Å². The molecule has 0 saturated heterocycles. The van der Waals surface area contributed by atoms with E-state index >= 15 is 0 Å². The predicted octanol–water partition coefficient (Wildman–Crippen LogP) is 3.35. The van der Waals surface area contributed by atoms with Gasteiger partial charge in [-0.1, -0.05) is 13.8 Å². The van der Waals surface area contributed by atoms with Gasteiger partial charge in [0.05, 0.1) is 0 Å². The van der Waals surface area contributed by atoms with Gasteiger partial charge in [-0.25, -0.2) is 0 Å². The zero-order valence-electron chi connectivity index (χ0n) is 7.51. The van der Waals surface area contributed by atoms with Gasteiger partial charge in [-0.2, -0.15) is 0 Å². The number of nitrogens with zero attached hydrogens (tertiary/aromatic N) is 1. The second kappa shape index (κ2) is 5.00. The SMILES string of the molecule is CCN(CC)Cc1cc(Br)cs1. The summed E-state index contributed by atoms with van der Waals surface area (Å²) >= 11 is 5.28. The van der Waals surface area contributed by atoms with Gasteiger partial charge in [0.1, 0.15) is 0 Å². The Bertz CT molecular complexity index is 230. The van der Waals surface area contributed by atoms with Gasteiger partial charge in [0, 0.05) is 21.3 Å². The van der Waals surface area contributed by atoms with E-state index in [2.05, 4.69) is 46.1 Å². The summed E-state index contributed by atoms with van der Waals surface area (Å²) in [6.45, 7) is 7.75. The van der Waals surface area contributed by atoms with E-state index in [-0.39, 0.29) is 0 Å². The van der Waals surface area contributed by atoms with E-state index in [1.165, 1.54) is 9.35 Å². The molecule has 68 valence electrons. The predicted molar refractivity (Wildman–Crippen MR) is 58.6 cm³/mol. The van der Waals surface area contributed by atoms with E-state index in [9.17, 15) is 0 Å². The highest BCUT2D eigenvalue weighted by Gasteiger charge is 2.02. The summed E-state index contributed by atoms with van der Waals surface area (Å²) in [6, 6.07) is 2.20. The van der Waals surface area contributed by atoms with Gasteiger partial charge in [0.25, 0.3) is 0 Å². The Morgan fingerprint density at radius 3 is 2.50 bits per heavy atom. The third-order valence-electron chi connectivity index (χ3n) is 1.90. The first-order chi connectivity index (χ1) is 5.76. The van der Waals surface area contributed by atoms with Crippen LogP contribution in [0.25, 0.3) is 0 Å². The van der Waals surface area contributed by atoms with Crippen molar-refractivity contribution < 1.29 is 0 Å². The molecule has 1 rings (SSSR count). The van der Waals surface area contributed by atoms with Gasteiger partial charge in [-0.3, -0.25) is 4.90 Å². The molecule has 1 heterocycles. The molecule has 3 heteroatoms. The maximum absolute atomic E-state index is 3.46. The molecule has 0 spiro atoms. The minimum Gasteiger partial charge on any atom is -0.299 e. The minimum atomic E-state index is 1.09. The molecule has 0 aliphatic carbocycles. The monoisotopic (exact) mass is 247 g/mol. The molecule has 0 atom stereocenters. The quantitative estimate of drug-likeness (QED) is 0.789. The van der Waals surface area contributed by atoms with Gasteiger partial charge in [-0.05, 0) is 35.1 Å². The van der Waals surface area contributed by atoms with Crippen LogP contribution in [0.15, 0.2) is 15.9 Å². The topological polar surface area (TPSA) is 3.24 Å². The highest BCUT2D eigenvalue weighted by Crippen LogP contribution is 2.20. The Labute approximate surface area is 86.5 Å². The van der Waals surface area contributed by atoms with Crippen molar-refractivity contribution in [3.8, 4) is 0 Å². The summed E-state index contributed by atoms with van der Waals surface area (Å²) in [7, 11) is 0. The van der Waals surface area contributed by atoms with E-state index in [0.29, 0.717) is 0 Å². The Morgan fingerprint density at radius 1 is 1.42 bits per heavy atom. The third-order valence-corrected chi connectivity index (χ3v) is 3.58. The van der Waals surface area contributed by atoms with Crippen molar-refractivity contribution in [2.75, 3.05) is 13.1 Å². The summed E-state index contributed by atoms with van der Waals surface area (Å²) in [5, 5.41) is 2.14. The van der Waals surface area contributed by atoms with E-state index in [0.717, 1.165) is 19.6 Å². The fraction of sp³-hybridized carbons (Fsp3) is 0.556. The van der Waals surface area contributed by atoms with Crippen molar-refractivity contribution in [2.24, 2.45) is 0 Å². The van der Waals surface area contributed by atoms with Crippen molar-refractivity contribution in [1.82, 2.24) is 4.90 Å². The van der Waals surface area contributed by atoms with Gasteiger partial charge in [0.2, 0.25) is 0 Å². The molecule has 12 heavy (non-hydrogen) atoms. The molecule has 0 radical (unpaired) electrons. The summed E-state index contributed by atoms with van der Waals surface area (Å²) in [5.41, 5.74) is 0. The first kappa shape index (κ1) is 10.2. The molecule has 1 nitrogen and oxygen atoms in total. The largest absolute Gasteiger partial charge is 0.299 e. The van der Waals surface area contributed by atoms with Crippen molar-refractivity contribution in [3.63, 3.8) is 0 Å². The third kappa shape index (κ3) is 2.88. The molecular weight excluding hydrogens is 234 g/mol. The summed E-state index contributed by atoms with van der Waals surface area (Å²) < 4.78 is 1.20. The fourth-order valence-corrected chi connectivity index (χ4v) is 2.60. The van der Waals surface area contributed by atoms with Crippen LogP contribution in [0.4, 0.5) is 0 Å². The van der Waals surface area contributed by atoms with Crippen LogP contribution in [-0.2, 0) is 6.54 Å². The maximum Gasteiger partial charge on any atom is 0.0328 e. The molecular formula is C9H14BrNS. The lowest BCUT2D eigenvalue weighted by Crippen LogP contribution is -2.21. The second-order valence-electron chi connectivity index (χ2n) is 2.69. The number of hydrogen-bond donors (Lipinski definition) is 0. The van der Waals surface area contributed by atoms with Gasteiger partial charge in [0.15, 0.2) is 0 Å². The molecule has 0 aliphatic heterocycles. The number of rotatable bonds is 4. The average molecular weight is 248 g/mol. The highest BCUT2D eigenvalue weighted by molar-refractivity contribution is 9.10. The molecule has 1 aromatic heterocycles. The molecule has 1 aromatic rings. The Morgan fingerprint density at radius 2 is 2.08 bits per heavy atom. The Balaban J connectivity index is 2.50. The number of thiophene rings is 1. The molecule has 0 aliphatic rings. The molecule has 0 N–H and O–H groups in total. The molecule has 0 aromatic carbocycles. The standard InChI is InChI=1S/C9H14BrNS/c1-3-11(4-2)6-9-5-8(10)7-12-9/h5,7H,3-4,6H2,1-2H3. The molecule has 0 unspecified atom stereocenters. The van der Waals surface area contributed by atoms with Crippen molar-refractivity contribution in [3.05, 3.63) is 20.8 Å². The fourth-order valence-electron chi connectivity index (χ4n) is 1.10. The van der Waals surface area contributed by atoms with Crippen LogP contribution < -0.4 is 0 Å². The molecule has 0 bridgehead atoms. The maximum atomic E-state index is 3.46. The van der Waals surface area contributed by atoms with Gasteiger partial charge >= 0.3 is 0 Å². The van der Waals surface area contributed by atoms with Crippen LogP contribution in [-0.4, -0.2) is 18.0 Å². The Hall–Kier alpha value is 0.140. The lowest BCUT2D eigenvalue weighted by Gasteiger charge is -2.16. The van der Waals surface area contributed by atoms with E-state index in [4.69, 9.17) is 0 Å². The van der Waals surface area contributed by atoms with Crippen LogP contribution in [0.1, 0.15) is 18.7 Å². The zero-order valence-corrected chi connectivity index (χ0v) is 9.91. The lowest BCUT2D eigenvalue weighted by atomic mass is 10.4. The minimum absolute atomic E-state index is 1.09. The van der Waals surface area contributed by atoms with E-state index < -0.39 is 0 Å². The van der Waals surface area contributed by atoms with Crippen LogP contribution >= 0.6 is 27.3 Å². The average Bonchev–Trinajstić information content (AvgIpc) is 2.47. The molecule has 0 amide bonds. The first-order valence-corrected chi connectivity index (χ1v) is 5.88. The van der Waals surface area contributed by atoms with Crippen LogP contribution in [0.2, 0.25) is 0 Å². The summed E-state index contributed by atoms with van der Waals surface area (Å²) in [6.07, 6.45) is 0. The summed E-state index contributed by atoms with van der Waals surface area (Å²) in [5.74, 6) is 0. The van der Waals surface area contributed by atoms with Gasteiger partial charge in [-0.15, -0.1) is 11.3 Å². The molecule has 0 fully saturated rings. The number of hydrogen-bond acceptors (Lipinski definition) is 2. The van der Waals surface area contributed by atoms with Crippen molar-refractivity contribution >= 4 is 27.3 Å². The zero-order chi connectivity index (χ0) is 8.97. The summed E-state index contributed by atoms with van der Waals surface area (Å²) in [4.78, 5) is 3.85. The second-order valence-corrected chi connectivity index (χ2v) is 4.60. The highest BCUT2D eigenvalue weighted by atomic mass is 79.9. The van der Waals surface area contributed by atoms with Crippen molar-refractivity contribution in [2.45, 2.75) is 20.4 Å².